The Kier molecular flexibility index (Phi) is 4.93. The largest absolute Gasteiger partial charge is 0.352 e. The SMILES string of the molecule is CC(C)CNC(=O)c1cc(Cl)c(Cl)c([N+](=O)[O-])c1. The summed E-state index contributed by atoms with van der Waals surface area (Å²) in [7, 11) is 0. The van der Waals surface area contributed by atoms with E-state index in [-0.39, 0.29) is 27.2 Å². The number of amides is 1. The highest BCUT2D eigenvalue weighted by molar-refractivity contribution is 6.43. The van der Waals surface area contributed by atoms with Crippen molar-refractivity contribution in [2.24, 2.45) is 5.92 Å². The van der Waals surface area contributed by atoms with E-state index in [1.807, 2.05) is 13.8 Å². The molecule has 0 radical (unpaired) electrons. The number of hydrogen-bond acceptors (Lipinski definition) is 3. The summed E-state index contributed by atoms with van der Waals surface area (Å²) in [6.07, 6.45) is 0. The molecule has 0 fully saturated rings. The van der Waals surface area contributed by atoms with Crippen LogP contribution in [0, 0.1) is 16.0 Å². The molecule has 0 aliphatic rings. The molecule has 5 nitrogen and oxygen atoms in total. The molecule has 1 rings (SSSR count). The molecule has 0 spiro atoms. The Bertz CT molecular complexity index is 489. The minimum absolute atomic E-state index is 0.0134. The molecule has 0 unspecified atom stereocenters. The summed E-state index contributed by atoms with van der Waals surface area (Å²) in [6.45, 7) is 4.36. The highest BCUT2D eigenvalue weighted by Crippen LogP contribution is 2.32. The number of nitro groups is 1. The summed E-state index contributed by atoms with van der Waals surface area (Å²) in [6, 6.07) is 2.43. The van der Waals surface area contributed by atoms with Gasteiger partial charge in [0.15, 0.2) is 0 Å². The van der Waals surface area contributed by atoms with E-state index in [4.69, 9.17) is 23.2 Å². The van der Waals surface area contributed by atoms with E-state index in [1.165, 1.54) is 6.07 Å². The van der Waals surface area contributed by atoms with E-state index in [2.05, 4.69) is 5.32 Å². The van der Waals surface area contributed by atoms with Crippen molar-refractivity contribution in [1.82, 2.24) is 5.32 Å². The van der Waals surface area contributed by atoms with Gasteiger partial charge in [0.1, 0.15) is 5.02 Å². The van der Waals surface area contributed by atoms with Crippen molar-refractivity contribution in [2.75, 3.05) is 6.54 Å². The van der Waals surface area contributed by atoms with Crippen molar-refractivity contribution in [3.8, 4) is 0 Å². The van der Waals surface area contributed by atoms with Crippen molar-refractivity contribution in [2.45, 2.75) is 13.8 Å². The smallest absolute Gasteiger partial charge is 0.290 e. The van der Waals surface area contributed by atoms with Gasteiger partial charge in [0, 0.05) is 18.2 Å². The third-order valence-corrected chi connectivity index (χ3v) is 2.93. The highest BCUT2D eigenvalue weighted by atomic mass is 35.5. The number of nitro benzene ring substituents is 1. The van der Waals surface area contributed by atoms with Crippen LogP contribution < -0.4 is 5.32 Å². The van der Waals surface area contributed by atoms with Crippen LogP contribution in [0.25, 0.3) is 0 Å². The van der Waals surface area contributed by atoms with Gasteiger partial charge in [-0.05, 0) is 12.0 Å². The lowest BCUT2D eigenvalue weighted by Gasteiger charge is -2.08. The van der Waals surface area contributed by atoms with Gasteiger partial charge in [0.2, 0.25) is 0 Å². The first-order chi connectivity index (χ1) is 8.32. The second-order valence-corrected chi connectivity index (χ2v) is 4.94. The molecule has 0 heterocycles. The van der Waals surface area contributed by atoms with Crippen LogP contribution in [-0.4, -0.2) is 17.4 Å². The fourth-order valence-electron chi connectivity index (χ4n) is 1.24. The van der Waals surface area contributed by atoms with Crippen LogP contribution in [0.15, 0.2) is 12.1 Å². The zero-order valence-corrected chi connectivity index (χ0v) is 11.4. The van der Waals surface area contributed by atoms with E-state index >= 15 is 0 Å². The fraction of sp³-hybridized carbons (Fsp3) is 0.364. The van der Waals surface area contributed by atoms with Gasteiger partial charge in [-0.25, -0.2) is 0 Å². The van der Waals surface area contributed by atoms with Gasteiger partial charge < -0.3 is 5.32 Å². The second-order valence-electron chi connectivity index (χ2n) is 4.15. The number of hydrogen-bond donors (Lipinski definition) is 1. The molecule has 1 aromatic rings. The Morgan fingerprint density at radius 1 is 1.44 bits per heavy atom. The van der Waals surface area contributed by atoms with E-state index in [9.17, 15) is 14.9 Å². The molecule has 1 amide bonds. The molecular formula is C11H12Cl2N2O3. The highest BCUT2D eigenvalue weighted by Gasteiger charge is 2.20. The van der Waals surface area contributed by atoms with Crippen LogP contribution in [-0.2, 0) is 0 Å². The summed E-state index contributed by atoms with van der Waals surface area (Å²) in [5.74, 6) is -0.128. The summed E-state index contributed by atoms with van der Waals surface area (Å²) in [5, 5.41) is 13.2. The lowest BCUT2D eigenvalue weighted by atomic mass is 10.1. The monoisotopic (exact) mass is 290 g/mol. The number of carbonyl (C=O) groups excluding carboxylic acids is 1. The first-order valence-electron chi connectivity index (χ1n) is 5.24. The number of nitrogens with one attached hydrogen (secondary N) is 1. The zero-order chi connectivity index (χ0) is 13.9. The van der Waals surface area contributed by atoms with Gasteiger partial charge in [-0.1, -0.05) is 37.0 Å². The summed E-state index contributed by atoms with van der Waals surface area (Å²) < 4.78 is 0. The first kappa shape index (κ1) is 14.7. The number of nitrogens with zero attached hydrogens (tertiary/aromatic N) is 1. The molecule has 1 N–H and O–H groups in total. The minimum Gasteiger partial charge on any atom is -0.352 e. The maximum absolute atomic E-state index is 11.8. The molecule has 0 saturated carbocycles. The maximum atomic E-state index is 11.8. The van der Waals surface area contributed by atoms with Crippen LogP contribution >= 0.6 is 23.2 Å². The normalized spacial score (nSPS) is 10.5. The van der Waals surface area contributed by atoms with Gasteiger partial charge in [0.25, 0.3) is 11.6 Å². The Morgan fingerprint density at radius 2 is 2.06 bits per heavy atom. The Balaban J connectivity index is 3.03. The van der Waals surface area contributed by atoms with Crippen molar-refractivity contribution >= 4 is 34.8 Å². The quantitative estimate of drug-likeness (QED) is 0.683. The van der Waals surface area contributed by atoms with Gasteiger partial charge in [-0.2, -0.15) is 0 Å². The van der Waals surface area contributed by atoms with E-state index in [1.54, 1.807) is 0 Å². The number of rotatable bonds is 4. The molecule has 98 valence electrons. The standard InChI is InChI=1S/C11H12Cl2N2O3/c1-6(2)5-14-11(16)7-3-8(12)10(13)9(4-7)15(17)18/h3-4,6H,5H2,1-2H3,(H,14,16). The average molecular weight is 291 g/mol. The average Bonchev–Trinajstić information content (AvgIpc) is 2.28. The minimum atomic E-state index is -0.673. The molecule has 7 heteroatoms. The third kappa shape index (κ3) is 3.58. The van der Waals surface area contributed by atoms with Crippen molar-refractivity contribution in [3.63, 3.8) is 0 Å². The van der Waals surface area contributed by atoms with Crippen LogP contribution in [0.1, 0.15) is 24.2 Å². The summed E-state index contributed by atoms with van der Waals surface area (Å²) >= 11 is 11.4. The number of carbonyl (C=O) groups is 1. The molecule has 0 aliphatic carbocycles. The van der Waals surface area contributed by atoms with E-state index in [0.29, 0.717) is 6.54 Å². The van der Waals surface area contributed by atoms with Crippen LogP contribution in [0.2, 0.25) is 10.0 Å². The van der Waals surface area contributed by atoms with Crippen molar-refractivity contribution in [3.05, 3.63) is 37.9 Å². The van der Waals surface area contributed by atoms with E-state index in [0.717, 1.165) is 6.07 Å². The fourth-order valence-corrected chi connectivity index (χ4v) is 1.63. The lowest BCUT2D eigenvalue weighted by Crippen LogP contribution is -2.27. The molecule has 18 heavy (non-hydrogen) atoms. The molecule has 0 aromatic heterocycles. The zero-order valence-electron chi connectivity index (χ0n) is 9.87. The lowest BCUT2D eigenvalue weighted by molar-refractivity contribution is -0.384. The summed E-state index contributed by atoms with van der Waals surface area (Å²) in [5.41, 5.74) is -0.254. The van der Waals surface area contributed by atoms with Gasteiger partial charge in [-0.15, -0.1) is 0 Å². The predicted molar refractivity (Wildman–Crippen MR) is 70.3 cm³/mol. The van der Waals surface area contributed by atoms with Crippen LogP contribution in [0.4, 0.5) is 5.69 Å². The molecule has 0 bridgehead atoms. The molecule has 1 aromatic carbocycles. The molecule has 0 saturated heterocycles. The van der Waals surface area contributed by atoms with E-state index < -0.39 is 10.8 Å². The maximum Gasteiger partial charge on any atom is 0.290 e. The third-order valence-electron chi connectivity index (χ3n) is 2.14. The summed E-state index contributed by atoms with van der Waals surface area (Å²) in [4.78, 5) is 21.8. The number of benzene rings is 1. The topological polar surface area (TPSA) is 72.2 Å². The second kappa shape index (κ2) is 6.02. The Labute approximate surface area is 114 Å². The molecule has 0 aliphatic heterocycles. The Morgan fingerprint density at radius 3 is 2.56 bits per heavy atom. The molecular weight excluding hydrogens is 279 g/mol. The first-order valence-corrected chi connectivity index (χ1v) is 6.00. The van der Waals surface area contributed by atoms with Gasteiger partial charge in [-0.3, -0.25) is 14.9 Å². The number of halogens is 2. The van der Waals surface area contributed by atoms with Gasteiger partial charge >= 0.3 is 0 Å². The molecule has 0 atom stereocenters. The van der Waals surface area contributed by atoms with Crippen LogP contribution in [0.5, 0.6) is 0 Å². The predicted octanol–water partition coefficient (Wildman–Crippen LogP) is 3.29. The van der Waals surface area contributed by atoms with Crippen LogP contribution in [0.3, 0.4) is 0 Å². The van der Waals surface area contributed by atoms with Crippen molar-refractivity contribution in [1.29, 1.82) is 0 Å². The Hall–Kier alpha value is -1.33. The van der Waals surface area contributed by atoms with Gasteiger partial charge in [0.05, 0.1) is 9.95 Å². The van der Waals surface area contributed by atoms with Crippen molar-refractivity contribution < 1.29 is 9.72 Å².